The van der Waals surface area contributed by atoms with Crippen LogP contribution in [0.1, 0.15) is 83.1 Å². The predicted molar refractivity (Wildman–Crippen MR) is 149 cm³/mol. The minimum Gasteiger partial charge on any atom is -0.385 e. The molecule has 38 heavy (non-hydrogen) atoms. The van der Waals surface area contributed by atoms with Gasteiger partial charge in [0.25, 0.3) is 0 Å². The third kappa shape index (κ3) is 8.67. The van der Waals surface area contributed by atoms with E-state index in [9.17, 15) is 14.0 Å². The first-order chi connectivity index (χ1) is 18.4. The molecule has 1 aromatic carbocycles. The van der Waals surface area contributed by atoms with Crippen LogP contribution >= 0.6 is 0 Å². The Balaban J connectivity index is 1.79. The summed E-state index contributed by atoms with van der Waals surface area (Å²) in [6.07, 6.45) is 11.4. The second kappa shape index (κ2) is 15.4. The predicted octanol–water partition coefficient (Wildman–Crippen LogP) is 4.95. The van der Waals surface area contributed by atoms with Crippen LogP contribution in [-0.4, -0.2) is 63.3 Å². The van der Waals surface area contributed by atoms with Gasteiger partial charge in [-0.05, 0) is 69.2 Å². The van der Waals surface area contributed by atoms with Gasteiger partial charge in [-0.25, -0.2) is 9.18 Å². The van der Waals surface area contributed by atoms with Crippen LogP contribution in [-0.2, 0) is 15.1 Å². The number of nitrogens with one attached hydrogen (secondary N) is 3. The highest BCUT2D eigenvalue weighted by molar-refractivity contribution is 5.75. The molecule has 7 nitrogen and oxygen atoms in total. The highest BCUT2D eigenvalue weighted by Gasteiger charge is 2.43. The first-order valence-corrected chi connectivity index (χ1v) is 14.6. The summed E-state index contributed by atoms with van der Waals surface area (Å²) in [7, 11) is 3.61. The van der Waals surface area contributed by atoms with Crippen molar-refractivity contribution in [2.24, 2.45) is 11.8 Å². The fraction of sp³-hybridized carbons (Fsp3) is 0.733. The summed E-state index contributed by atoms with van der Waals surface area (Å²) in [5, 5.41) is 9.81. The minimum absolute atomic E-state index is 0.0312. The molecule has 8 heteroatoms. The van der Waals surface area contributed by atoms with Crippen molar-refractivity contribution in [2.45, 2.75) is 89.1 Å². The normalized spacial score (nSPS) is 20.9. The number of carbonyl (C=O) groups is 2. The van der Waals surface area contributed by atoms with Crippen molar-refractivity contribution >= 4 is 11.9 Å². The van der Waals surface area contributed by atoms with Crippen LogP contribution in [0.4, 0.5) is 9.18 Å². The van der Waals surface area contributed by atoms with Gasteiger partial charge in [0, 0.05) is 52.2 Å². The fourth-order valence-electron chi connectivity index (χ4n) is 6.65. The van der Waals surface area contributed by atoms with Gasteiger partial charge in [-0.1, -0.05) is 44.2 Å². The largest absolute Gasteiger partial charge is 0.385 e. The van der Waals surface area contributed by atoms with Gasteiger partial charge in [-0.2, -0.15) is 0 Å². The Morgan fingerprint density at radius 2 is 1.95 bits per heavy atom. The molecule has 0 aromatic heterocycles. The molecular formula is C30H49FN4O3. The molecule has 1 saturated carbocycles. The molecule has 1 heterocycles. The van der Waals surface area contributed by atoms with E-state index >= 15 is 0 Å². The Labute approximate surface area is 228 Å². The molecular weight excluding hydrogens is 483 g/mol. The van der Waals surface area contributed by atoms with Gasteiger partial charge < -0.3 is 25.6 Å². The van der Waals surface area contributed by atoms with Crippen LogP contribution < -0.4 is 16.0 Å². The SMILES string of the molecule is CNCC(CC1CCCCC1)NC(=O)N1CCCC(C(CCCCOC)(NC(C)=O)c2cccc(F)c2)C1. The lowest BCUT2D eigenvalue weighted by atomic mass is 9.71. The maximum atomic E-state index is 14.4. The highest BCUT2D eigenvalue weighted by Crippen LogP contribution is 2.40. The molecule has 3 rings (SSSR count). The number of piperidine rings is 1. The van der Waals surface area contributed by atoms with Gasteiger partial charge >= 0.3 is 6.03 Å². The maximum Gasteiger partial charge on any atom is 0.317 e. The summed E-state index contributed by atoms with van der Waals surface area (Å²) in [4.78, 5) is 28.0. The van der Waals surface area contributed by atoms with Crippen molar-refractivity contribution in [3.8, 4) is 0 Å². The summed E-state index contributed by atoms with van der Waals surface area (Å²) in [6, 6.07) is 6.63. The third-order valence-corrected chi connectivity index (χ3v) is 8.43. The molecule has 1 aromatic rings. The number of hydrogen-bond acceptors (Lipinski definition) is 4. The number of halogens is 1. The van der Waals surface area contributed by atoms with Crippen LogP contribution in [0, 0.1) is 17.7 Å². The summed E-state index contributed by atoms with van der Waals surface area (Å²) >= 11 is 0. The van der Waals surface area contributed by atoms with E-state index in [-0.39, 0.29) is 29.7 Å². The summed E-state index contributed by atoms with van der Waals surface area (Å²) < 4.78 is 19.7. The van der Waals surface area contributed by atoms with Crippen LogP contribution in [0.5, 0.6) is 0 Å². The lowest BCUT2D eigenvalue weighted by molar-refractivity contribution is -0.122. The van der Waals surface area contributed by atoms with Gasteiger partial charge in [0.15, 0.2) is 0 Å². The number of methoxy groups -OCH3 is 1. The van der Waals surface area contributed by atoms with Crippen LogP contribution in [0.2, 0.25) is 0 Å². The molecule has 2 fully saturated rings. The van der Waals surface area contributed by atoms with Crippen molar-refractivity contribution in [1.82, 2.24) is 20.9 Å². The highest BCUT2D eigenvalue weighted by atomic mass is 19.1. The number of carbonyl (C=O) groups excluding carboxylic acids is 2. The first kappa shape index (κ1) is 30.4. The number of urea groups is 1. The zero-order valence-electron chi connectivity index (χ0n) is 23.7. The van der Waals surface area contributed by atoms with Crippen LogP contribution in [0.15, 0.2) is 24.3 Å². The average Bonchev–Trinajstić information content (AvgIpc) is 2.91. The molecule has 1 saturated heterocycles. The van der Waals surface area contributed by atoms with E-state index in [1.54, 1.807) is 19.2 Å². The monoisotopic (exact) mass is 532 g/mol. The first-order valence-electron chi connectivity index (χ1n) is 14.6. The molecule has 214 valence electrons. The Morgan fingerprint density at radius 1 is 1.16 bits per heavy atom. The van der Waals surface area contributed by atoms with E-state index in [0.29, 0.717) is 32.0 Å². The number of ether oxygens (including phenoxy) is 1. The van der Waals surface area contributed by atoms with E-state index in [1.165, 1.54) is 45.1 Å². The summed E-state index contributed by atoms with van der Waals surface area (Å²) in [5.41, 5.74) is 0.00957. The Hall–Kier alpha value is -2.19. The van der Waals surface area contributed by atoms with E-state index in [2.05, 4.69) is 16.0 Å². The van der Waals surface area contributed by atoms with Crippen molar-refractivity contribution < 1.29 is 18.7 Å². The summed E-state index contributed by atoms with van der Waals surface area (Å²) in [6.45, 7) is 4.10. The van der Waals surface area contributed by atoms with Crippen LogP contribution in [0.3, 0.4) is 0 Å². The fourth-order valence-corrected chi connectivity index (χ4v) is 6.65. The number of benzene rings is 1. The Morgan fingerprint density at radius 3 is 2.63 bits per heavy atom. The zero-order chi connectivity index (χ0) is 27.4. The van der Waals surface area contributed by atoms with Gasteiger partial charge in [-0.15, -0.1) is 0 Å². The van der Waals surface area contributed by atoms with Gasteiger partial charge in [0.1, 0.15) is 5.82 Å². The average molecular weight is 533 g/mol. The van der Waals surface area contributed by atoms with Crippen LogP contribution in [0.25, 0.3) is 0 Å². The molecule has 3 amide bonds. The van der Waals surface area contributed by atoms with E-state index in [4.69, 9.17) is 4.74 Å². The third-order valence-electron chi connectivity index (χ3n) is 8.43. The quantitative estimate of drug-likeness (QED) is 0.314. The molecule has 2 aliphatic rings. The van der Waals surface area contributed by atoms with Gasteiger partial charge in [-0.3, -0.25) is 4.79 Å². The number of unbranched alkanes of at least 4 members (excludes halogenated alkanes) is 1. The van der Waals surface area contributed by atoms with Crippen molar-refractivity contribution in [1.29, 1.82) is 0 Å². The topological polar surface area (TPSA) is 82.7 Å². The van der Waals surface area contributed by atoms with Crippen molar-refractivity contribution in [3.63, 3.8) is 0 Å². The molecule has 0 spiro atoms. The Bertz CT molecular complexity index is 879. The lowest BCUT2D eigenvalue weighted by Crippen LogP contribution is -2.58. The lowest BCUT2D eigenvalue weighted by Gasteiger charge is -2.46. The molecule has 3 N–H and O–H groups in total. The second-order valence-corrected chi connectivity index (χ2v) is 11.3. The molecule has 3 atom stereocenters. The number of likely N-dealkylation sites (tertiary alicyclic amines) is 1. The number of likely N-dealkylation sites (N-methyl/N-ethyl adjacent to an activating group) is 1. The number of nitrogens with zero attached hydrogens (tertiary/aromatic N) is 1. The molecule has 1 aliphatic heterocycles. The minimum atomic E-state index is -0.757. The second-order valence-electron chi connectivity index (χ2n) is 11.3. The number of rotatable bonds is 13. The van der Waals surface area contributed by atoms with Crippen molar-refractivity contribution in [3.05, 3.63) is 35.6 Å². The van der Waals surface area contributed by atoms with E-state index in [1.807, 2.05) is 18.0 Å². The maximum absolute atomic E-state index is 14.4. The Kier molecular flexibility index (Phi) is 12.3. The van der Waals surface area contributed by atoms with E-state index in [0.717, 1.165) is 44.2 Å². The molecule has 1 aliphatic carbocycles. The standard InChI is InChI=1S/C30H49FN4O3/c1-23(36)34-30(16-7-8-18-38-3,25-13-9-15-27(31)20-25)26-14-10-17-35(22-26)29(37)33-28(21-32-2)19-24-11-5-4-6-12-24/h9,13,15,20,24,26,28,32H,4-8,10-12,14,16-19,21-22H2,1-3H3,(H,33,37)(H,34,36). The number of amides is 3. The van der Waals surface area contributed by atoms with E-state index < -0.39 is 5.54 Å². The zero-order valence-corrected chi connectivity index (χ0v) is 23.7. The van der Waals surface area contributed by atoms with Crippen molar-refractivity contribution in [2.75, 3.05) is 40.4 Å². The number of hydrogen-bond donors (Lipinski definition) is 3. The smallest absolute Gasteiger partial charge is 0.317 e. The molecule has 0 bridgehead atoms. The summed E-state index contributed by atoms with van der Waals surface area (Å²) in [5.74, 6) is 0.168. The molecule has 3 unspecified atom stereocenters. The van der Waals surface area contributed by atoms with Gasteiger partial charge in [0.2, 0.25) is 5.91 Å². The van der Waals surface area contributed by atoms with Gasteiger partial charge in [0.05, 0.1) is 5.54 Å². The molecule has 0 radical (unpaired) electrons.